The fraction of sp³-hybridized carbons (Fsp3) is 0.231. The number of benzene rings is 2. The molecule has 32 heavy (non-hydrogen) atoms. The molecule has 0 saturated carbocycles. The van der Waals surface area contributed by atoms with E-state index in [4.69, 9.17) is 15.1 Å². The van der Waals surface area contributed by atoms with Crippen molar-refractivity contribution in [1.29, 1.82) is 0 Å². The predicted octanol–water partition coefficient (Wildman–Crippen LogP) is 6.20. The van der Waals surface area contributed by atoms with Gasteiger partial charge in [-0.3, -0.25) is 0 Å². The summed E-state index contributed by atoms with van der Waals surface area (Å²) in [6.07, 6.45) is 4.10. The molecule has 6 heteroatoms. The molecule has 1 fully saturated rings. The standard InChI is InChI=1S/C26H23N5S/c1-17-12-14-31(15-13-17)25-24-23(27-16-28-25)21-20(18-8-4-2-5-9-18)22(29-30-26(21)32-24)19-10-6-3-7-11-19/h2-11,16-17H,12-15H2,1H3. The maximum atomic E-state index is 4.77. The average molecular weight is 438 g/mol. The minimum Gasteiger partial charge on any atom is -0.355 e. The highest BCUT2D eigenvalue weighted by Crippen LogP contribution is 2.44. The molecule has 1 aliphatic heterocycles. The third-order valence-electron chi connectivity index (χ3n) is 6.35. The van der Waals surface area contributed by atoms with E-state index in [0.29, 0.717) is 0 Å². The minimum atomic E-state index is 0.773. The van der Waals surface area contributed by atoms with Crippen molar-refractivity contribution in [3.05, 3.63) is 67.0 Å². The Balaban J connectivity index is 1.64. The molecule has 0 spiro atoms. The lowest BCUT2D eigenvalue weighted by Gasteiger charge is -2.31. The maximum Gasteiger partial charge on any atom is 0.150 e. The molecule has 5 nitrogen and oxygen atoms in total. The van der Waals surface area contributed by atoms with Crippen molar-refractivity contribution in [2.24, 2.45) is 5.92 Å². The molecule has 2 aromatic carbocycles. The van der Waals surface area contributed by atoms with Crippen molar-refractivity contribution in [2.75, 3.05) is 18.0 Å². The smallest absolute Gasteiger partial charge is 0.150 e. The van der Waals surface area contributed by atoms with Gasteiger partial charge in [0.1, 0.15) is 22.7 Å². The van der Waals surface area contributed by atoms with Crippen molar-refractivity contribution in [1.82, 2.24) is 20.2 Å². The van der Waals surface area contributed by atoms with Gasteiger partial charge in [-0.05, 0) is 24.3 Å². The number of hydrogen-bond acceptors (Lipinski definition) is 6. The van der Waals surface area contributed by atoms with Crippen LogP contribution in [0.1, 0.15) is 19.8 Å². The van der Waals surface area contributed by atoms with Gasteiger partial charge in [-0.1, -0.05) is 67.6 Å². The van der Waals surface area contributed by atoms with E-state index in [-0.39, 0.29) is 0 Å². The van der Waals surface area contributed by atoms with Crippen LogP contribution in [0.25, 0.3) is 42.8 Å². The first kappa shape index (κ1) is 19.3. The zero-order chi connectivity index (χ0) is 21.5. The number of hydrogen-bond donors (Lipinski definition) is 0. The topological polar surface area (TPSA) is 54.8 Å². The Morgan fingerprint density at radius 3 is 2.25 bits per heavy atom. The van der Waals surface area contributed by atoms with Crippen molar-refractivity contribution in [3.63, 3.8) is 0 Å². The highest BCUT2D eigenvalue weighted by Gasteiger charge is 2.24. The summed E-state index contributed by atoms with van der Waals surface area (Å²) in [6.45, 7) is 4.40. The first-order chi connectivity index (χ1) is 15.8. The Labute approximate surface area is 190 Å². The summed E-state index contributed by atoms with van der Waals surface area (Å²) in [5, 5.41) is 10.4. The fourth-order valence-corrected chi connectivity index (χ4v) is 5.68. The van der Waals surface area contributed by atoms with Gasteiger partial charge in [-0.25, -0.2) is 9.97 Å². The molecule has 3 aromatic heterocycles. The van der Waals surface area contributed by atoms with E-state index >= 15 is 0 Å². The van der Waals surface area contributed by atoms with Gasteiger partial charge in [0.25, 0.3) is 0 Å². The van der Waals surface area contributed by atoms with Crippen LogP contribution in [0.3, 0.4) is 0 Å². The van der Waals surface area contributed by atoms with Crippen LogP contribution in [0.15, 0.2) is 67.0 Å². The molecular weight excluding hydrogens is 414 g/mol. The number of thiophene rings is 1. The molecule has 6 rings (SSSR count). The van der Waals surface area contributed by atoms with E-state index in [1.807, 2.05) is 24.3 Å². The lowest BCUT2D eigenvalue weighted by molar-refractivity contribution is 0.437. The molecule has 5 aromatic rings. The number of nitrogens with zero attached hydrogens (tertiary/aromatic N) is 5. The molecule has 4 heterocycles. The maximum absolute atomic E-state index is 4.77. The molecule has 0 radical (unpaired) electrons. The van der Waals surface area contributed by atoms with Crippen LogP contribution in [0.5, 0.6) is 0 Å². The van der Waals surface area contributed by atoms with Gasteiger partial charge in [-0.2, -0.15) is 0 Å². The van der Waals surface area contributed by atoms with Crippen LogP contribution in [-0.4, -0.2) is 33.3 Å². The van der Waals surface area contributed by atoms with Crippen molar-refractivity contribution in [2.45, 2.75) is 19.8 Å². The number of fused-ring (bicyclic) bond motifs is 3. The molecule has 158 valence electrons. The summed E-state index contributed by atoms with van der Waals surface area (Å²) in [7, 11) is 0. The highest BCUT2D eigenvalue weighted by atomic mass is 32.1. The Kier molecular flexibility index (Phi) is 4.80. The third-order valence-corrected chi connectivity index (χ3v) is 7.41. The number of rotatable bonds is 3. The van der Waals surface area contributed by atoms with Gasteiger partial charge < -0.3 is 4.90 Å². The number of anilines is 1. The summed E-state index contributed by atoms with van der Waals surface area (Å²) >= 11 is 1.66. The van der Waals surface area contributed by atoms with Crippen LogP contribution >= 0.6 is 11.3 Å². The van der Waals surface area contributed by atoms with E-state index in [1.54, 1.807) is 17.7 Å². The van der Waals surface area contributed by atoms with Crippen LogP contribution < -0.4 is 4.90 Å². The highest BCUT2D eigenvalue weighted by molar-refractivity contribution is 7.26. The van der Waals surface area contributed by atoms with E-state index in [2.05, 4.69) is 53.3 Å². The van der Waals surface area contributed by atoms with E-state index in [0.717, 1.165) is 67.6 Å². The fourth-order valence-electron chi connectivity index (χ4n) is 4.57. The molecule has 0 bridgehead atoms. The SMILES string of the molecule is CC1CCN(c2ncnc3c2sc2nnc(-c4ccccc4)c(-c4ccccc4)c23)CC1. The summed E-state index contributed by atoms with van der Waals surface area (Å²) < 4.78 is 1.11. The second-order valence-corrected chi connectivity index (χ2v) is 9.48. The summed E-state index contributed by atoms with van der Waals surface area (Å²) in [5.41, 5.74) is 5.12. The minimum absolute atomic E-state index is 0.773. The zero-order valence-electron chi connectivity index (χ0n) is 17.9. The molecule has 0 unspecified atom stereocenters. The van der Waals surface area contributed by atoms with Gasteiger partial charge in [0.05, 0.1) is 10.2 Å². The first-order valence-corrected chi connectivity index (χ1v) is 11.9. The van der Waals surface area contributed by atoms with E-state index in [1.165, 1.54) is 12.8 Å². The third kappa shape index (κ3) is 3.22. The van der Waals surface area contributed by atoms with Gasteiger partial charge in [0.2, 0.25) is 0 Å². The predicted molar refractivity (Wildman–Crippen MR) is 132 cm³/mol. The molecule has 1 aliphatic rings. The van der Waals surface area contributed by atoms with E-state index < -0.39 is 0 Å². The van der Waals surface area contributed by atoms with Crippen LogP contribution in [0.2, 0.25) is 0 Å². The van der Waals surface area contributed by atoms with Gasteiger partial charge in [0.15, 0.2) is 0 Å². The Bertz CT molecular complexity index is 1390. The lowest BCUT2D eigenvalue weighted by atomic mass is 9.97. The van der Waals surface area contributed by atoms with Crippen molar-refractivity contribution < 1.29 is 0 Å². The quantitative estimate of drug-likeness (QED) is 0.336. The summed E-state index contributed by atoms with van der Waals surface area (Å²) in [5.74, 6) is 1.81. The van der Waals surface area contributed by atoms with Gasteiger partial charge in [-0.15, -0.1) is 21.5 Å². The number of piperidine rings is 1. The van der Waals surface area contributed by atoms with Gasteiger partial charge >= 0.3 is 0 Å². The molecule has 0 aliphatic carbocycles. The Morgan fingerprint density at radius 1 is 0.844 bits per heavy atom. The molecular formula is C26H23N5S. The van der Waals surface area contributed by atoms with Crippen molar-refractivity contribution >= 4 is 37.6 Å². The molecule has 1 saturated heterocycles. The Hall–Kier alpha value is -3.38. The monoisotopic (exact) mass is 437 g/mol. The molecule has 0 amide bonds. The van der Waals surface area contributed by atoms with Gasteiger partial charge in [0, 0.05) is 29.6 Å². The largest absolute Gasteiger partial charge is 0.355 e. The summed E-state index contributed by atoms with van der Waals surface area (Å²) in [4.78, 5) is 12.8. The first-order valence-electron chi connectivity index (χ1n) is 11.1. The Morgan fingerprint density at radius 2 is 1.53 bits per heavy atom. The second-order valence-electron chi connectivity index (χ2n) is 8.48. The normalized spacial score (nSPS) is 15.0. The van der Waals surface area contributed by atoms with Crippen LogP contribution in [0, 0.1) is 5.92 Å². The number of aromatic nitrogens is 4. The summed E-state index contributed by atoms with van der Waals surface area (Å²) in [6, 6.07) is 20.7. The molecule has 0 atom stereocenters. The second kappa shape index (κ2) is 7.95. The van der Waals surface area contributed by atoms with Crippen LogP contribution in [-0.2, 0) is 0 Å². The van der Waals surface area contributed by atoms with E-state index in [9.17, 15) is 0 Å². The lowest BCUT2D eigenvalue weighted by Crippen LogP contribution is -2.33. The molecule has 0 N–H and O–H groups in total. The van der Waals surface area contributed by atoms with Crippen LogP contribution in [0.4, 0.5) is 5.82 Å². The zero-order valence-corrected chi connectivity index (χ0v) is 18.7. The average Bonchev–Trinajstić information content (AvgIpc) is 3.24. The van der Waals surface area contributed by atoms with Crippen molar-refractivity contribution in [3.8, 4) is 22.4 Å².